The van der Waals surface area contributed by atoms with Crippen LogP contribution < -0.4 is 15.2 Å². The van der Waals surface area contributed by atoms with Gasteiger partial charge in [0.1, 0.15) is 11.9 Å². The highest BCUT2D eigenvalue weighted by Crippen LogP contribution is 2.18. The highest BCUT2D eigenvalue weighted by Gasteiger charge is 2.24. The van der Waals surface area contributed by atoms with E-state index in [2.05, 4.69) is 5.32 Å². The molecule has 26 heavy (non-hydrogen) atoms. The second-order valence-corrected chi connectivity index (χ2v) is 5.26. The number of nitro benzene ring substituents is 1. The number of nitrogens with one attached hydrogen (secondary N) is 1. The maximum atomic E-state index is 11.9. The lowest BCUT2D eigenvalue weighted by Crippen LogP contribution is -2.52. The van der Waals surface area contributed by atoms with Crippen molar-refractivity contribution in [2.75, 3.05) is 6.61 Å². The number of non-ortho nitro benzene ring substituents is 1. The maximum Gasteiger partial charge on any atom is 0.269 e. The van der Waals surface area contributed by atoms with Crippen molar-refractivity contribution in [1.82, 2.24) is 5.32 Å². The molecule has 0 spiro atoms. The summed E-state index contributed by atoms with van der Waals surface area (Å²) in [5.41, 5.74) is 0.170. The number of hydrogen-bond acceptors (Lipinski definition) is 7. The summed E-state index contributed by atoms with van der Waals surface area (Å²) < 4.78 is 5.14. The van der Waals surface area contributed by atoms with Crippen LogP contribution in [0.3, 0.4) is 0 Å². The van der Waals surface area contributed by atoms with Gasteiger partial charge in [0.2, 0.25) is 0 Å². The molecule has 9 heteroatoms. The second-order valence-electron chi connectivity index (χ2n) is 5.26. The van der Waals surface area contributed by atoms with Crippen LogP contribution in [0.2, 0.25) is 0 Å². The Morgan fingerprint density at radius 3 is 2.27 bits per heavy atom. The van der Waals surface area contributed by atoms with E-state index in [0.29, 0.717) is 5.56 Å². The zero-order valence-electron chi connectivity index (χ0n) is 13.4. The molecular weight excluding hydrogens is 344 g/mol. The fraction of sp³-hybridized carbons (Fsp3) is 0.176. The van der Waals surface area contributed by atoms with Gasteiger partial charge in [0, 0.05) is 12.1 Å². The van der Waals surface area contributed by atoms with Gasteiger partial charge in [-0.2, -0.15) is 0 Å². The molecule has 9 nitrogen and oxygen atoms in total. The predicted octanol–water partition coefficient (Wildman–Crippen LogP) is -0.0581. The van der Waals surface area contributed by atoms with Crippen LogP contribution in [-0.2, 0) is 9.59 Å². The first-order valence-electron chi connectivity index (χ1n) is 7.49. The number of aliphatic carboxylic acids is 1. The van der Waals surface area contributed by atoms with Gasteiger partial charge >= 0.3 is 0 Å². The number of nitro groups is 1. The van der Waals surface area contributed by atoms with Gasteiger partial charge in [-0.15, -0.1) is 0 Å². The molecule has 0 bridgehead atoms. The number of carboxylic acids is 1. The van der Waals surface area contributed by atoms with Crippen LogP contribution in [-0.4, -0.2) is 34.6 Å². The third kappa shape index (κ3) is 5.02. The predicted molar refractivity (Wildman–Crippen MR) is 86.9 cm³/mol. The molecule has 1 amide bonds. The fourth-order valence-electron chi connectivity index (χ4n) is 2.14. The number of aliphatic hydroxyl groups excluding tert-OH is 1. The minimum atomic E-state index is -1.66. The van der Waals surface area contributed by atoms with Crippen LogP contribution in [0.4, 0.5) is 5.69 Å². The molecule has 2 aromatic rings. The van der Waals surface area contributed by atoms with E-state index in [-0.39, 0.29) is 11.4 Å². The first-order chi connectivity index (χ1) is 12.4. The first kappa shape index (κ1) is 18.9. The zero-order valence-corrected chi connectivity index (χ0v) is 13.4. The number of amides is 1. The molecule has 0 saturated heterocycles. The number of carbonyl (C=O) groups is 2. The van der Waals surface area contributed by atoms with Gasteiger partial charge in [-0.05, 0) is 17.7 Å². The number of benzene rings is 2. The van der Waals surface area contributed by atoms with E-state index < -0.39 is 35.6 Å². The number of carboxylic acid groups (broad SMARTS) is 1. The molecule has 0 radical (unpaired) electrons. The summed E-state index contributed by atoms with van der Waals surface area (Å²) in [4.78, 5) is 33.1. The van der Waals surface area contributed by atoms with E-state index in [1.807, 2.05) is 0 Å². The van der Waals surface area contributed by atoms with Crippen molar-refractivity contribution in [1.29, 1.82) is 0 Å². The van der Waals surface area contributed by atoms with E-state index in [1.54, 1.807) is 18.2 Å². The van der Waals surface area contributed by atoms with Gasteiger partial charge < -0.3 is 25.1 Å². The largest absolute Gasteiger partial charge is 0.548 e. The molecule has 0 aliphatic rings. The Labute approximate surface area is 148 Å². The number of carbonyl (C=O) groups excluding carboxylic acids is 2. The Morgan fingerprint density at radius 1 is 1.12 bits per heavy atom. The summed E-state index contributed by atoms with van der Waals surface area (Å²) in [6.45, 7) is -0.539. The van der Waals surface area contributed by atoms with E-state index in [1.165, 1.54) is 36.4 Å². The van der Waals surface area contributed by atoms with Gasteiger partial charge in [-0.25, -0.2) is 0 Å². The Bertz CT molecular complexity index is 777. The Kier molecular flexibility index (Phi) is 6.23. The third-order valence-electron chi connectivity index (χ3n) is 3.44. The van der Waals surface area contributed by atoms with Crippen LogP contribution >= 0.6 is 0 Å². The molecule has 0 aliphatic heterocycles. The quantitative estimate of drug-likeness (QED) is 0.497. The summed E-state index contributed by atoms with van der Waals surface area (Å²) in [7, 11) is 0. The average Bonchev–Trinajstić information content (AvgIpc) is 2.64. The molecule has 2 atom stereocenters. The summed E-state index contributed by atoms with van der Waals surface area (Å²) in [5, 5.41) is 34.1. The lowest BCUT2D eigenvalue weighted by molar-refractivity contribution is -0.384. The topological polar surface area (TPSA) is 142 Å². The van der Waals surface area contributed by atoms with Crippen molar-refractivity contribution >= 4 is 17.6 Å². The third-order valence-corrected chi connectivity index (χ3v) is 3.44. The van der Waals surface area contributed by atoms with Crippen molar-refractivity contribution in [2.45, 2.75) is 12.1 Å². The Balaban J connectivity index is 1.95. The molecule has 0 heterocycles. The molecule has 0 saturated carbocycles. The van der Waals surface area contributed by atoms with Crippen LogP contribution in [0.25, 0.3) is 0 Å². The molecular formula is C17H15N2O7-. The van der Waals surface area contributed by atoms with Crippen LogP contribution in [0, 0.1) is 10.1 Å². The highest BCUT2D eigenvalue weighted by atomic mass is 16.6. The number of nitrogens with zero attached hydrogens (tertiary/aromatic N) is 1. The molecule has 136 valence electrons. The van der Waals surface area contributed by atoms with Crippen molar-refractivity contribution < 1.29 is 29.5 Å². The minimum Gasteiger partial charge on any atom is -0.548 e. The van der Waals surface area contributed by atoms with Gasteiger partial charge in [0.25, 0.3) is 11.6 Å². The SMILES string of the molecule is O=C(COc1ccc([N+](=O)[O-])cc1)NC(C(=O)[O-])C(O)c1ccccc1. The van der Waals surface area contributed by atoms with E-state index in [0.717, 1.165) is 0 Å². The van der Waals surface area contributed by atoms with Gasteiger partial charge in [-0.1, -0.05) is 30.3 Å². The molecule has 2 unspecified atom stereocenters. The zero-order chi connectivity index (χ0) is 19.1. The maximum absolute atomic E-state index is 11.9. The standard InChI is InChI=1S/C17H16N2O7/c20-14(10-26-13-8-6-12(7-9-13)19(24)25)18-15(17(22)23)16(21)11-4-2-1-3-5-11/h1-9,15-16,21H,10H2,(H,18,20)(H,22,23)/p-1. The lowest BCUT2D eigenvalue weighted by atomic mass is 10.0. The molecule has 2 aromatic carbocycles. The molecule has 0 fully saturated rings. The Morgan fingerprint density at radius 2 is 1.73 bits per heavy atom. The van der Waals surface area contributed by atoms with Crippen LogP contribution in [0.15, 0.2) is 54.6 Å². The number of hydrogen-bond donors (Lipinski definition) is 2. The monoisotopic (exact) mass is 359 g/mol. The van der Waals surface area contributed by atoms with Gasteiger partial charge in [-0.3, -0.25) is 14.9 Å². The summed E-state index contributed by atoms with van der Waals surface area (Å²) >= 11 is 0. The molecule has 2 N–H and O–H groups in total. The van der Waals surface area contributed by atoms with Crippen molar-refractivity contribution in [3.63, 3.8) is 0 Å². The summed E-state index contributed by atoms with van der Waals surface area (Å²) in [6.07, 6.45) is -1.50. The number of rotatable bonds is 8. The highest BCUT2D eigenvalue weighted by molar-refractivity contribution is 5.84. The van der Waals surface area contributed by atoms with E-state index in [4.69, 9.17) is 4.74 Å². The van der Waals surface area contributed by atoms with Crippen LogP contribution in [0.5, 0.6) is 5.75 Å². The second kappa shape index (κ2) is 8.58. The van der Waals surface area contributed by atoms with Crippen LogP contribution in [0.1, 0.15) is 11.7 Å². The van der Waals surface area contributed by atoms with E-state index in [9.17, 15) is 29.9 Å². The molecule has 2 rings (SSSR count). The number of aliphatic hydroxyl groups is 1. The molecule has 0 aromatic heterocycles. The van der Waals surface area contributed by atoms with Gasteiger partial charge in [0.15, 0.2) is 6.61 Å². The summed E-state index contributed by atoms with van der Waals surface area (Å²) in [5.74, 6) is -2.25. The lowest BCUT2D eigenvalue weighted by Gasteiger charge is -2.25. The smallest absolute Gasteiger partial charge is 0.269 e. The first-order valence-corrected chi connectivity index (χ1v) is 7.49. The minimum absolute atomic E-state index is 0.134. The van der Waals surface area contributed by atoms with E-state index >= 15 is 0 Å². The Hall–Kier alpha value is -3.46. The normalized spacial score (nSPS) is 12.7. The fourth-order valence-corrected chi connectivity index (χ4v) is 2.14. The molecule has 0 aliphatic carbocycles. The number of ether oxygens (including phenoxy) is 1. The van der Waals surface area contributed by atoms with Crippen molar-refractivity contribution in [3.05, 3.63) is 70.3 Å². The van der Waals surface area contributed by atoms with Gasteiger partial charge in [0.05, 0.1) is 16.9 Å². The van der Waals surface area contributed by atoms with Crippen molar-refractivity contribution in [2.24, 2.45) is 0 Å². The summed E-state index contributed by atoms with van der Waals surface area (Å²) in [6, 6.07) is 11.3. The van der Waals surface area contributed by atoms with Crippen molar-refractivity contribution in [3.8, 4) is 5.75 Å². The average molecular weight is 359 g/mol.